The standard InChI is InChI=1S/C25H52N2O9PSi.C20H39N2O9P/c1-7-8-10-14-25(30)36-22(18-32-24(29)13-11-9-12-15-26)19-34-37(31,33-16-17-38(4,5)6)35-20-23(27-3)21(2)28;1-4-5-7-11-20(25)31-17(13-28-19(24)10-8-6-9-12-21)14-29-32(26,27)30-15-18(22-3)16(2)23/h22-23,27,31H,7-20,26H2,1-6H3;17-18,22H,4-15,21H2,1-3H3,(H,26,27)/q+1;/t22-,23?,37?;17-,18?/m11/s1. The third kappa shape index (κ3) is 41.2. The van der Waals surface area contributed by atoms with Crippen molar-refractivity contribution in [1.82, 2.24) is 10.6 Å². The van der Waals surface area contributed by atoms with Crippen LogP contribution in [0.2, 0.25) is 25.7 Å². The van der Waals surface area contributed by atoms with Gasteiger partial charge in [0.1, 0.15) is 38.0 Å². The number of phosphoric acid groups is 1. The summed E-state index contributed by atoms with van der Waals surface area (Å²) in [5, 5.41) is 5.47. The highest BCUT2D eigenvalue weighted by molar-refractivity contribution is 7.55. The number of likely N-dealkylation sites (N-methyl/N-ethyl adjacent to an activating group) is 2. The van der Waals surface area contributed by atoms with Crippen molar-refractivity contribution in [2.45, 2.75) is 180 Å². The van der Waals surface area contributed by atoms with E-state index in [1.54, 1.807) is 7.05 Å². The van der Waals surface area contributed by atoms with Crippen LogP contribution >= 0.6 is 16.0 Å². The first-order valence-electron chi connectivity index (χ1n) is 24.6. The number of rotatable bonds is 44. The predicted molar refractivity (Wildman–Crippen MR) is 269 cm³/mol. The summed E-state index contributed by atoms with van der Waals surface area (Å²) in [7, 11) is -6.76. The summed E-state index contributed by atoms with van der Waals surface area (Å²) in [4.78, 5) is 92.6. The van der Waals surface area contributed by atoms with Crippen molar-refractivity contribution in [3.8, 4) is 0 Å². The Morgan fingerprint density at radius 1 is 0.571 bits per heavy atom. The normalized spacial score (nSPS) is 14.9. The van der Waals surface area contributed by atoms with Crippen LogP contribution in [0.25, 0.3) is 0 Å². The number of hydrogen-bond donors (Lipinski definition) is 6. The number of esters is 4. The highest BCUT2D eigenvalue weighted by atomic mass is 31.2. The van der Waals surface area contributed by atoms with Crippen LogP contribution in [0, 0.1) is 0 Å². The minimum absolute atomic E-state index is 0.164. The van der Waals surface area contributed by atoms with Crippen molar-refractivity contribution in [1.29, 1.82) is 0 Å². The van der Waals surface area contributed by atoms with Gasteiger partial charge >= 0.3 is 39.9 Å². The Bertz CT molecular complexity index is 1500. The van der Waals surface area contributed by atoms with Crippen molar-refractivity contribution in [2.24, 2.45) is 11.5 Å². The van der Waals surface area contributed by atoms with Crippen LogP contribution in [0.5, 0.6) is 0 Å². The molecule has 25 heteroatoms. The zero-order chi connectivity index (χ0) is 53.4. The topological polar surface area (TPSA) is 319 Å². The third-order valence-electron chi connectivity index (χ3n) is 10.0. The fourth-order valence-corrected chi connectivity index (χ4v) is 8.46. The molecule has 0 aromatic heterocycles. The molecule has 6 atom stereocenters. The van der Waals surface area contributed by atoms with E-state index >= 15 is 0 Å². The summed E-state index contributed by atoms with van der Waals surface area (Å²) in [6.07, 6.45) is 8.27. The molecule has 0 spiro atoms. The van der Waals surface area contributed by atoms with Gasteiger partial charge in [-0.2, -0.15) is 13.9 Å². The molecular formula is C45H91N4O18P2Si+. The lowest BCUT2D eigenvalue weighted by Gasteiger charge is -2.22. The van der Waals surface area contributed by atoms with E-state index in [9.17, 15) is 43.1 Å². The third-order valence-corrected chi connectivity index (χ3v) is 14.2. The summed E-state index contributed by atoms with van der Waals surface area (Å²) in [5.74, 6) is -2.30. The van der Waals surface area contributed by atoms with Gasteiger partial charge in [0.15, 0.2) is 12.2 Å². The Balaban J connectivity index is 0. The van der Waals surface area contributed by atoms with E-state index in [1.165, 1.54) is 20.9 Å². The molecule has 4 unspecified atom stereocenters. The number of ether oxygens (including phenoxy) is 4. The maximum absolute atomic E-state index is 12.4. The lowest BCUT2D eigenvalue weighted by Crippen LogP contribution is -2.37. The van der Waals surface area contributed by atoms with Crippen molar-refractivity contribution in [3.63, 3.8) is 0 Å². The van der Waals surface area contributed by atoms with Crippen LogP contribution < -0.4 is 22.1 Å². The van der Waals surface area contributed by atoms with Gasteiger partial charge in [0.2, 0.25) is 0 Å². The molecule has 0 aromatic carbocycles. The van der Waals surface area contributed by atoms with Crippen molar-refractivity contribution in [3.05, 3.63) is 0 Å². The van der Waals surface area contributed by atoms with E-state index in [0.29, 0.717) is 38.8 Å². The maximum Gasteiger partial charge on any atom is 0.572 e. The predicted octanol–water partition coefficient (Wildman–Crippen LogP) is 5.63. The molecule has 0 saturated heterocycles. The molecule has 0 radical (unpaired) electrons. The number of phosphoric ester groups is 1. The maximum atomic E-state index is 12.4. The van der Waals surface area contributed by atoms with Gasteiger partial charge in [-0.1, -0.05) is 72.0 Å². The fourth-order valence-electron chi connectivity index (χ4n) is 5.57. The molecule has 70 heavy (non-hydrogen) atoms. The molecule has 22 nitrogen and oxygen atoms in total. The Morgan fingerprint density at radius 2 is 0.971 bits per heavy atom. The zero-order valence-corrected chi connectivity index (χ0v) is 46.5. The van der Waals surface area contributed by atoms with E-state index in [2.05, 4.69) is 30.3 Å². The first-order valence-corrected chi connectivity index (χ1v) is 31.3. The van der Waals surface area contributed by atoms with Gasteiger partial charge in [-0.25, -0.2) is 4.57 Å². The Labute approximate surface area is 419 Å². The Kier molecular flexibility index (Phi) is 41.9. The van der Waals surface area contributed by atoms with Gasteiger partial charge in [0, 0.05) is 33.8 Å². The van der Waals surface area contributed by atoms with Gasteiger partial charge < -0.3 is 45.9 Å². The number of Topliss-reactive ketones (excluding diaryl/α,β-unsaturated/α-hetero) is 2. The highest BCUT2D eigenvalue weighted by Crippen LogP contribution is 2.58. The van der Waals surface area contributed by atoms with E-state index in [1.807, 2.05) is 13.8 Å². The molecule has 0 fully saturated rings. The lowest BCUT2D eigenvalue weighted by molar-refractivity contribution is -0.161. The number of ketones is 2. The monoisotopic (exact) mass is 1070 g/mol. The smallest absolute Gasteiger partial charge is 0.462 e. The lowest BCUT2D eigenvalue weighted by atomic mass is 10.2. The molecule has 0 amide bonds. The first-order chi connectivity index (χ1) is 33.0. The first kappa shape index (κ1) is 69.7. The summed E-state index contributed by atoms with van der Waals surface area (Å²) < 4.78 is 60.0. The van der Waals surface area contributed by atoms with E-state index in [4.69, 9.17) is 53.0 Å². The van der Waals surface area contributed by atoms with Crippen molar-refractivity contribution >= 4 is 59.5 Å². The van der Waals surface area contributed by atoms with Crippen LogP contribution in [0.4, 0.5) is 0 Å². The number of nitrogens with one attached hydrogen (secondary N) is 2. The van der Waals surface area contributed by atoms with Crippen LogP contribution in [0.1, 0.15) is 130 Å². The minimum atomic E-state index is -4.53. The fraction of sp³-hybridized carbons (Fsp3) is 0.867. The minimum Gasteiger partial charge on any atom is -0.462 e. The number of carbonyl (C=O) groups is 6. The van der Waals surface area contributed by atoms with Gasteiger partial charge in [0.05, 0.1) is 31.9 Å². The Hall–Kier alpha value is -2.34. The van der Waals surface area contributed by atoms with Crippen LogP contribution in [-0.2, 0) is 74.9 Å². The summed E-state index contributed by atoms with van der Waals surface area (Å²) in [6, 6.07) is -0.674. The SMILES string of the molecule is CCCCCC(=O)O[C@H](COC(=O)CCCCCN)COP(=O)(O)OCC(NC)C(C)=O.CCCCCC(=O)O[C@H](COC(=O)CCCCCN)CO[P+](O)(OCC[Si](C)(C)C)OCC(NC)C(C)=O. The quantitative estimate of drug-likeness (QED) is 0.0142. The highest BCUT2D eigenvalue weighted by Gasteiger charge is 2.47. The van der Waals surface area contributed by atoms with Gasteiger partial charge in [-0.3, -0.25) is 37.8 Å². The Morgan fingerprint density at radius 3 is 1.39 bits per heavy atom. The van der Waals surface area contributed by atoms with Crippen LogP contribution in [0.3, 0.4) is 0 Å². The summed E-state index contributed by atoms with van der Waals surface area (Å²) in [6.45, 7) is 12.7. The van der Waals surface area contributed by atoms with Crippen molar-refractivity contribution in [2.75, 3.05) is 73.4 Å². The molecule has 8 N–H and O–H groups in total. The summed E-state index contributed by atoms with van der Waals surface area (Å²) in [5.41, 5.74) is 10.9. The molecule has 0 aliphatic rings. The second kappa shape index (κ2) is 42.1. The second-order valence-corrected chi connectivity index (χ2v) is 26.7. The van der Waals surface area contributed by atoms with Crippen LogP contribution in [0.15, 0.2) is 0 Å². The molecular weight excluding hydrogens is 975 g/mol. The van der Waals surface area contributed by atoms with Gasteiger partial charge in [-0.15, -0.1) is 4.52 Å². The zero-order valence-electron chi connectivity index (χ0n) is 43.7. The molecule has 0 rings (SSSR count). The average Bonchev–Trinajstić information content (AvgIpc) is 3.28. The van der Waals surface area contributed by atoms with Crippen molar-refractivity contribution < 1.29 is 84.7 Å². The average molecular weight is 1070 g/mol. The molecule has 0 saturated carbocycles. The van der Waals surface area contributed by atoms with Gasteiger partial charge in [0.25, 0.3) is 0 Å². The van der Waals surface area contributed by atoms with Crippen LogP contribution in [-0.4, -0.2) is 151 Å². The number of nitrogens with two attached hydrogens (primary N) is 2. The number of hydrogen-bond acceptors (Lipinski definition) is 21. The summed E-state index contributed by atoms with van der Waals surface area (Å²) >= 11 is 0. The molecule has 0 bridgehead atoms. The van der Waals surface area contributed by atoms with Gasteiger partial charge in [-0.05, 0) is 85.6 Å². The second-order valence-electron chi connectivity index (χ2n) is 17.9. The van der Waals surface area contributed by atoms with E-state index in [-0.39, 0.29) is 76.9 Å². The molecule has 0 heterocycles. The molecule has 0 aliphatic carbocycles. The molecule has 0 aliphatic heterocycles. The molecule has 412 valence electrons. The van der Waals surface area contributed by atoms with E-state index < -0.39 is 78.8 Å². The number of carbonyl (C=O) groups excluding carboxylic acids is 6. The van der Waals surface area contributed by atoms with E-state index in [0.717, 1.165) is 57.4 Å². The largest absolute Gasteiger partial charge is 0.572 e. The number of unbranched alkanes of at least 4 members (excludes halogenated alkanes) is 8. The molecule has 0 aromatic rings.